The summed E-state index contributed by atoms with van der Waals surface area (Å²) in [6.07, 6.45) is 5.65. The molecule has 0 radical (unpaired) electrons. The molecule has 3 aromatic rings. The standard InChI is InChI=1S/C16H17N6.ClH/c1-21-9-5-6-13(11-21)12-22-16(17)15(10-18-22)20-19-14-7-3-2-4-8-14;/h2-11H,12,17H2,1H3;1H/q+1;/p-1/b20-19+;. The minimum Gasteiger partial charge on any atom is -1.00 e. The number of anilines is 1. The Bertz CT molecular complexity index is 797. The van der Waals surface area contributed by atoms with Crippen LogP contribution in [0, 0.1) is 0 Å². The molecule has 7 heteroatoms. The van der Waals surface area contributed by atoms with Crippen LogP contribution in [0.5, 0.6) is 0 Å². The third-order valence-corrected chi connectivity index (χ3v) is 3.22. The summed E-state index contributed by atoms with van der Waals surface area (Å²) in [6, 6.07) is 13.6. The zero-order valence-electron chi connectivity index (χ0n) is 12.7. The van der Waals surface area contributed by atoms with Crippen molar-refractivity contribution in [2.45, 2.75) is 6.54 Å². The second-order valence-electron chi connectivity index (χ2n) is 4.99. The lowest BCUT2D eigenvalue weighted by Gasteiger charge is -2.02. The van der Waals surface area contributed by atoms with Crippen molar-refractivity contribution in [3.8, 4) is 0 Å². The van der Waals surface area contributed by atoms with Gasteiger partial charge >= 0.3 is 0 Å². The maximum Gasteiger partial charge on any atom is 0.173 e. The van der Waals surface area contributed by atoms with Crippen molar-refractivity contribution in [2.75, 3.05) is 5.73 Å². The smallest absolute Gasteiger partial charge is 0.173 e. The first-order chi connectivity index (χ1) is 10.7. The van der Waals surface area contributed by atoms with Crippen LogP contribution in [0.2, 0.25) is 0 Å². The highest BCUT2D eigenvalue weighted by Crippen LogP contribution is 2.24. The molecule has 0 aliphatic heterocycles. The number of aryl methyl sites for hydroxylation is 1. The fraction of sp³-hybridized carbons (Fsp3) is 0.125. The summed E-state index contributed by atoms with van der Waals surface area (Å²) in [4.78, 5) is 0. The predicted molar refractivity (Wildman–Crippen MR) is 84.0 cm³/mol. The van der Waals surface area contributed by atoms with Crippen molar-refractivity contribution in [1.29, 1.82) is 0 Å². The Kier molecular flexibility index (Phi) is 5.43. The Balaban J connectivity index is 0.00000192. The molecule has 0 amide bonds. The molecule has 0 unspecified atom stereocenters. The van der Waals surface area contributed by atoms with Gasteiger partial charge in [-0.3, -0.25) is 0 Å². The maximum atomic E-state index is 6.09. The number of pyridine rings is 1. The number of azo groups is 1. The molecule has 0 aliphatic carbocycles. The Hall–Kier alpha value is -2.73. The Morgan fingerprint density at radius 2 is 1.91 bits per heavy atom. The molecule has 0 fully saturated rings. The highest BCUT2D eigenvalue weighted by Gasteiger charge is 2.08. The summed E-state index contributed by atoms with van der Waals surface area (Å²) in [5, 5.41) is 12.6. The second-order valence-corrected chi connectivity index (χ2v) is 4.99. The van der Waals surface area contributed by atoms with Crippen LogP contribution in [-0.2, 0) is 13.6 Å². The lowest BCUT2D eigenvalue weighted by Crippen LogP contribution is -3.00. The fourth-order valence-corrected chi connectivity index (χ4v) is 2.11. The van der Waals surface area contributed by atoms with Gasteiger partial charge < -0.3 is 18.1 Å². The Labute approximate surface area is 140 Å². The van der Waals surface area contributed by atoms with Crippen molar-refractivity contribution in [3.63, 3.8) is 0 Å². The molecule has 6 nitrogen and oxygen atoms in total. The van der Waals surface area contributed by atoms with E-state index in [9.17, 15) is 0 Å². The zero-order chi connectivity index (χ0) is 15.4. The molecule has 0 spiro atoms. The highest BCUT2D eigenvalue weighted by molar-refractivity contribution is 5.56. The van der Waals surface area contributed by atoms with Gasteiger partial charge in [-0.1, -0.05) is 18.2 Å². The van der Waals surface area contributed by atoms with E-state index in [0.29, 0.717) is 18.1 Å². The average molecular weight is 329 g/mol. The first-order valence-corrected chi connectivity index (χ1v) is 6.94. The number of benzene rings is 1. The molecule has 0 aliphatic rings. The number of nitrogens with zero attached hydrogens (tertiary/aromatic N) is 5. The Morgan fingerprint density at radius 3 is 2.65 bits per heavy atom. The summed E-state index contributed by atoms with van der Waals surface area (Å²) in [6.45, 7) is 0.599. The van der Waals surface area contributed by atoms with Gasteiger partial charge in [0.25, 0.3) is 0 Å². The van der Waals surface area contributed by atoms with Crippen LogP contribution in [0.1, 0.15) is 5.56 Å². The van der Waals surface area contributed by atoms with Gasteiger partial charge in [0, 0.05) is 11.6 Å². The normalized spacial score (nSPS) is 10.7. The van der Waals surface area contributed by atoms with Crippen molar-refractivity contribution < 1.29 is 17.0 Å². The Morgan fingerprint density at radius 1 is 1.13 bits per heavy atom. The van der Waals surface area contributed by atoms with E-state index in [1.54, 1.807) is 10.9 Å². The van der Waals surface area contributed by atoms with E-state index in [0.717, 1.165) is 11.3 Å². The molecule has 2 aromatic heterocycles. The number of aromatic nitrogens is 3. The summed E-state index contributed by atoms with van der Waals surface area (Å²) >= 11 is 0. The summed E-state index contributed by atoms with van der Waals surface area (Å²) < 4.78 is 3.71. The number of nitrogens with two attached hydrogens (primary N) is 1. The summed E-state index contributed by atoms with van der Waals surface area (Å²) in [7, 11) is 1.98. The third kappa shape index (κ3) is 4.14. The molecule has 0 bridgehead atoms. The third-order valence-electron chi connectivity index (χ3n) is 3.22. The average Bonchev–Trinajstić information content (AvgIpc) is 2.87. The molecule has 118 valence electrons. The van der Waals surface area contributed by atoms with Gasteiger partial charge in [0.1, 0.15) is 18.6 Å². The molecule has 0 atom stereocenters. The van der Waals surface area contributed by atoms with Crippen LogP contribution in [0.4, 0.5) is 17.2 Å². The van der Waals surface area contributed by atoms with Gasteiger partial charge in [0.05, 0.1) is 18.4 Å². The zero-order valence-corrected chi connectivity index (χ0v) is 13.4. The van der Waals surface area contributed by atoms with E-state index in [1.165, 1.54) is 0 Å². The molecule has 0 saturated carbocycles. The van der Waals surface area contributed by atoms with E-state index in [2.05, 4.69) is 15.3 Å². The number of rotatable bonds is 4. The van der Waals surface area contributed by atoms with Gasteiger partial charge in [0.15, 0.2) is 12.4 Å². The van der Waals surface area contributed by atoms with Crippen molar-refractivity contribution in [1.82, 2.24) is 9.78 Å². The monoisotopic (exact) mass is 328 g/mol. The fourth-order valence-electron chi connectivity index (χ4n) is 2.11. The van der Waals surface area contributed by atoms with E-state index in [4.69, 9.17) is 5.73 Å². The molecule has 1 aromatic carbocycles. The van der Waals surface area contributed by atoms with Crippen molar-refractivity contribution in [2.24, 2.45) is 17.3 Å². The topological polar surface area (TPSA) is 72.4 Å². The van der Waals surface area contributed by atoms with Crippen LogP contribution < -0.4 is 22.7 Å². The van der Waals surface area contributed by atoms with Crippen LogP contribution in [0.25, 0.3) is 0 Å². The highest BCUT2D eigenvalue weighted by atomic mass is 35.5. The van der Waals surface area contributed by atoms with Crippen molar-refractivity contribution in [3.05, 3.63) is 66.6 Å². The molecular weight excluding hydrogens is 312 g/mol. The summed E-state index contributed by atoms with van der Waals surface area (Å²) in [5.41, 5.74) is 8.57. The number of nitrogen functional groups attached to an aromatic ring is 1. The van der Waals surface area contributed by atoms with Crippen LogP contribution in [0.15, 0.2) is 71.3 Å². The minimum atomic E-state index is 0. The summed E-state index contributed by atoms with van der Waals surface area (Å²) in [5.74, 6) is 0.506. The van der Waals surface area contributed by atoms with Gasteiger partial charge in [-0.15, -0.1) is 5.11 Å². The van der Waals surface area contributed by atoms with Crippen molar-refractivity contribution >= 4 is 17.2 Å². The van der Waals surface area contributed by atoms with E-state index in [-0.39, 0.29) is 12.4 Å². The van der Waals surface area contributed by atoms with Gasteiger partial charge in [0.2, 0.25) is 0 Å². The lowest BCUT2D eigenvalue weighted by molar-refractivity contribution is -0.671. The largest absolute Gasteiger partial charge is 1.00 e. The predicted octanol–water partition coefficient (Wildman–Crippen LogP) is -0.242. The van der Waals surface area contributed by atoms with Gasteiger partial charge in [-0.05, 0) is 18.2 Å². The molecule has 2 heterocycles. The molecule has 0 saturated heterocycles. The first kappa shape index (κ1) is 16.6. The number of hydrogen-bond acceptors (Lipinski definition) is 4. The van der Waals surface area contributed by atoms with E-state index >= 15 is 0 Å². The quantitative estimate of drug-likeness (QED) is 0.530. The first-order valence-electron chi connectivity index (χ1n) is 6.94. The van der Waals surface area contributed by atoms with Crippen LogP contribution in [-0.4, -0.2) is 9.78 Å². The van der Waals surface area contributed by atoms with Gasteiger partial charge in [-0.25, -0.2) is 9.25 Å². The molecule has 3 rings (SSSR count). The van der Waals surface area contributed by atoms with Crippen LogP contribution in [0.3, 0.4) is 0 Å². The van der Waals surface area contributed by atoms with Gasteiger partial charge in [-0.2, -0.15) is 10.2 Å². The molecule has 23 heavy (non-hydrogen) atoms. The SMILES string of the molecule is C[n+]1cccc(Cn2ncc(/N=N/c3ccccc3)c2N)c1.[Cl-]. The maximum absolute atomic E-state index is 6.09. The van der Waals surface area contributed by atoms with E-state index in [1.807, 2.05) is 66.5 Å². The number of halogens is 1. The lowest BCUT2D eigenvalue weighted by atomic mass is 10.3. The molecule has 2 N–H and O–H groups in total. The second kappa shape index (κ2) is 7.51. The number of hydrogen-bond donors (Lipinski definition) is 1. The van der Waals surface area contributed by atoms with E-state index < -0.39 is 0 Å². The van der Waals surface area contributed by atoms with Crippen LogP contribution >= 0.6 is 0 Å². The molecular formula is C16H17ClN6. The minimum absolute atomic E-state index is 0.